The summed E-state index contributed by atoms with van der Waals surface area (Å²) < 4.78 is 27.8. The summed E-state index contributed by atoms with van der Waals surface area (Å²) in [6.07, 6.45) is -0.760. The standard InChI is InChI=1S/C12H23N2O5P/c1-7-17-20(16,18-8-2)10(9-13)14(6)11(15)19-12(3,4)5/h10H,7-8H2,1-6H3. The topological polar surface area (TPSA) is 88.9 Å². The molecule has 0 aromatic heterocycles. The van der Waals surface area contributed by atoms with Crippen molar-refractivity contribution in [2.24, 2.45) is 0 Å². The van der Waals surface area contributed by atoms with Gasteiger partial charge in [-0.25, -0.2) is 4.79 Å². The highest BCUT2D eigenvalue weighted by atomic mass is 31.2. The van der Waals surface area contributed by atoms with Gasteiger partial charge in [-0.15, -0.1) is 0 Å². The summed E-state index contributed by atoms with van der Waals surface area (Å²) in [4.78, 5) is 12.9. The van der Waals surface area contributed by atoms with Crippen molar-refractivity contribution in [2.75, 3.05) is 20.3 Å². The van der Waals surface area contributed by atoms with Crippen LogP contribution in [0.1, 0.15) is 34.6 Å². The Morgan fingerprint density at radius 1 is 1.30 bits per heavy atom. The summed E-state index contributed by atoms with van der Waals surface area (Å²) in [7, 11) is -2.41. The van der Waals surface area contributed by atoms with Gasteiger partial charge >= 0.3 is 13.7 Å². The van der Waals surface area contributed by atoms with Crippen molar-refractivity contribution in [3.8, 4) is 6.07 Å². The summed E-state index contributed by atoms with van der Waals surface area (Å²) in [5, 5.41) is 9.20. The molecule has 0 aliphatic heterocycles. The number of nitriles is 1. The molecule has 0 aliphatic carbocycles. The highest BCUT2D eigenvalue weighted by Crippen LogP contribution is 2.53. The van der Waals surface area contributed by atoms with Crippen molar-refractivity contribution in [1.29, 1.82) is 5.26 Å². The highest BCUT2D eigenvalue weighted by Gasteiger charge is 2.42. The van der Waals surface area contributed by atoms with Crippen LogP contribution in [0.15, 0.2) is 0 Å². The van der Waals surface area contributed by atoms with Crippen LogP contribution in [-0.2, 0) is 18.3 Å². The van der Waals surface area contributed by atoms with Crippen LogP contribution in [0.2, 0.25) is 0 Å². The molecule has 0 N–H and O–H groups in total. The number of amides is 1. The van der Waals surface area contributed by atoms with E-state index in [2.05, 4.69) is 0 Å². The van der Waals surface area contributed by atoms with Gasteiger partial charge in [-0.3, -0.25) is 9.46 Å². The molecule has 20 heavy (non-hydrogen) atoms. The fourth-order valence-corrected chi connectivity index (χ4v) is 3.08. The first-order valence-corrected chi connectivity index (χ1v) is 7.96. The van der Waals surface area contributed by atoms with Crippen LogP contribution in [-0.4, -0.2) is 42.6 Å². The molecular formula is C12H23N2O5P. The normalized spacial score (nSPS) is 13.4. The molecule has 1 unspecified atom stereocenters. The van der Waals surface area contributed by atoms with E-state index in [0.29, 0.717) is 0 Å². The SMILES string of the molecule is CCOP(=O)(OCC)C(C#N)N(C)C(=O)OC(C)(C)C. The lowest BCUT2D eigenvalue weighted by molar-refractivity contribution is 0.0277. The first-order chi connectivity index (χ1) is 9.11. The Morgan fingerprint density at radius 2 is 1.75 bits per heavy atom. The summed E-state index contributed by atoms with van der Waals surface area (Å²) in [6, 6.07) is 1.79. The maximum absolute atomic E-state index is 12.5. The molecule has 1 atom stereocenters. The molecule has 0 aliphatic rings. The molecule has 0 aromatic rings. The lowest BCUT2D eigenvalue weighted by atomic mass is 10.2. The maximum Gasteiger partial charge on any atom is 0.411 e. The number of hydrogen-bond acceptors (Lipinski definition) is 6. The second-order valence-electron chi connectivity index (χ2n) is 4.97. The number of rotatable bonds is 6. The maximum atomic E-state index is 12.5. The van der Waals surface area contributed by atoms with E-state index in [1.165, 1.54) is 7.05 Å². The van der Waals surface area contributed by atoms with Gasteiger partial charge in [0.15, 0.2) is 0 Å². The van der Waals surface area contributed by atoms with Crippen LogP contribution >= 0.6 is 7.60 Å². The van der Waals surface area contributed by atoms with Gasteiger partial charge in [0.05, 0.1) is 13.2 Å². The van der Waals surface area contributed by atoms with Crippen molar-refractivity contribution in [3.05, 3.63) is 0 Å². The molecule has 0 spiro atoms. The van der Waals surface area contributed by atoms with E-state index in [4.69, 9.17) is 13.8 Å². The van der Waals surface area contributed by atoms with Gasteiger partial charge in [-0.05, 0) is 34.6 Å². The number of hydrogen-bond donors (Lipinski definition) is 0. The van der Waals surface area contributed by atoms with E-state index < -0.39 is 25.1 Å². The number of carbonyl (C=O) groups excluding carboxylic acids is 1. The van der Waals surface area contributed by atoms with Crippen molar-refractivity contribution in [3.63, 3.8) is 0 Å². The third-order valence-electron chi connectivity index (χ3n) is 2.08. The quantitative estimate of drug-likeness (QED) is 0.701. The fourth-order valence-electron chi connectivity index (χ4n) is 1.34. The predicted molar refractivity (Wildman–Crippen MR) is 74.3 cm³/mol. The first-order valence-electron chi connectivity index (χ1n) is 6.35. The predicted octanol–water partition coefficient (Wildman–Crippen LogP) is 2.97. The molecule has 0 saturated heterocycles. The summed E-state index contributed by atoms with van der Waals surface area (Å²) >= 11 is 0. The van der Waals surface area contributed by atoms with Gasteiger partial charge in [0.25, 0.3) is 0 Å². The van der Waals surface area contributed by atoms with E-state index in [1.807, 2.05) is 0 Å². The number of carbonyl (C=O) groups is 1. The molecular weight excluding hydrogens is 283 g/mol. The molecule has 0 aromatic carbocycles. The Kier molecular flexibility index (Phi) is 7.21. The second kappa shape index (κ2) is 7.63. The molecule has 0 radical (unpaired) electrons. The Labute approximate surface area is 120 Å². The third-order valence-corrected chi connectivity index (χ3v) is 4.38. The average molecular weight is 306 g/mol. The average Bonchev–Trinajstić information content (AvgIpc) is 2.27. The summed E-state index contributed by atoms with van der Waals surface area (Å²) in [5.74, 6) is -1.35. The van der Waals surface area contributed by atoms with Crippen LogP contribution in [0.5, 0.6) is 0 Å². The zero-order chi connectivity index (χ0) is 16.0. The van der Waals surface area contributed by atoms with Crippen LogP contribution in [0.25, 0.3) is 0 Å². The summed E-state index contributed by atoms with van der Waals surface area (Å²) in [5.41, 5.74) is -0.716. The molecule has 0 saturated carbocycles. The largest absolute Gasteiger partial charge is 0.444 e. The molecule has 8 heteroatoms. The van der Waals surface area contributed by atoms with Crippen molar-refractivity contribution in [2.45, 2.75) is 46.0 Å². The zero-order valence-electron chi connectivity index (χ0n) is 12.9. The van der Waals surface area contributed by atoms with Gasteiger partial charge in [0, 0.05) is 7.05 Å². The Balaban J connectivity index is 5.19. The monoisotopic (exact) mass is 306 g/mol. The van der Waals surface area contributed by atoms with Gasteiger partial charge in [0.1, 0.15) is 11.7 Å². The zero-order valence-corrected chi connectivity index (χ0v) is 13.8. The third kappa shape index (κ3) is 5.49. The highest BCUT2D eigenvalue weighted by molar-refractivity contribution is 7.54. The molecule has 116 valence electrons. The Hall–Kier alpha value is -1.09. The van der Waals surface area contributed by atoms with Crippen LogP contribution in [0, 0.1) is 11.3 Å². The lowest BCUT2D eigenvalue weighted by Gasteiger charge is -2.30. The molecule has 0 heterocycles. The minimum atomic E-state index is -3.74. The van der Waals surface area contributed by atoms with Gasteiger partial charge in [-0.2, -0.15) is 5.26 Å². The summed E-state index contributed by atoms with van der Waals surface area (Å²) in [6.45, 7) is 8.58. The second-order valence-corrected chi connectivity index (χ2v) is 7.05. The van der Waals surface area contributed by atoms with E-state index in [1.54, 1.807) is 40.7 Å². The van der Waals surface area contributed by atoms with E-state index >= 15 is 0 Å². The molecule has 0 fully saturated rings. The molecule has 7 nitrogen and oxygen atoms in total. The van der Waals surface area contributed by atoms with Crippen molar-refractivity contribution in [1.82, 2.24) is 4.90 Å². The van der Waals surface area contributed by atoms with E-state index in [-0.39, 0.29) is 13.2 Å². The number of ether oxygens (including phenoxy) is 1. The van der Waals surface area contributed by atoms with Crippen LogP contribution in [0.3, 0.4) is 0 Å². The Bertz CT molecular complexity index is 403. The Morgan fingerprint density at radius 3 is 2.05 bits per heavy atom. The smallest absolute Gasteiger partial charge is 0.411 e. The van der Waals surface area contributed by atoms with E-state index in [9.17, 15) is 14.6 Å². The number of nitrogens with zero attached hydrogens (tertiary/aromatic N) is 2. The van der Waals surface area contributed by atoms with Gasteiger partial charge in [0.2, 0.25) is 5.78 Å². The molecule has 0 bridgehead atoms. The van der Waals surface area contributed by atoms with Crippen LogP contribution in [0.4, 0.5) is 4.79 Å². The minimum Gasteiger partial charge on any atom is -0.444 e. The van der Waals surface area contributed by atoms with Crippen LogP contribution < -0.4 is 0 Å². The van der Waals surface area contributed by atoms with Gasteiger partial charge in [-0.1, -0.05) is 0 Å². The first kappa shape index (κ1) is 18.9. The van der Waals surface area contributed by atoms with Gasteiger partial charge < -0.3 is 13.8 Å². The molecule has 1 amide bonds. The van der Waals surface area contributed by atoms with Crippen molar-refractivity contribution < 1.29 is 23.1 Å². The molecule has 0 rings (SSSR count). The fraction of sp³-hybridized carbons (Fsp3) is 0.833. The minimum absolute atomic E-state index is 0.109. The van der Waals surface area contributed by atoms with E-state index in [0.717, 1.165) is 4.90 Å². The van der Waals surface area contributed by atoms with Crippen molar-refractivity contribution >= 4 is 13.7 Å². The lowest BCUT2D eigenvalue weighted by Crippen LogP contribution is -2.40.